The van der Waals surface area contributed by atoms with E-state index in [4.69, 9.17) is 4.99 Å². The highest BCUT2D eigenvalue weighted by Gasteiger charge is 2.22. The first-order chi connectivity index (χ1) is 12.4. The minimum absolute atomic E-state index is 0.0569. The van der Waals surface area contributed by atoms with E-state index in [9.17, 15) is 0 Å². The van der Waals surface area contributed by atoms with Gasteiger partial charge in [0.15, 0.2) is 5.96 Å². The molecule has 0 amide bonds. The molecule has 2 N–H and O–H groups in total. The molecule has 0 bridgehead atoms. The number of guanidine groups is 1. The molecule has 0 atom stereocenters. The molecule has 0 spiro atoms. The molecule has 1 fully saturated rings. The van der Waals surface area contributed by atoms with E-state index in [1.165, 1.54) is 5.56 Å². The van der Waals surface area contributed by atoms with Crippen molar-refractivity contribution in [3.8, 4) is 0 Å². The molecule has 0 aromatic heterocycles. The Kier molecular flexibility index (Phi) is 7.91. The Bertz CT molecular complexity index is 545. The largest absolute Gasteiger partial charge is 0.357 e. The average Bonchev–Trinajstić information content (AvgIpc) is 2.62. The fourth-order valence-corrected chi connectivity index (χ4v) is 3.00. The standard InChI is InChI=1S/C21H37N5/c1-6-22-20(23-17-21(2,3)25(4)5)24-19-12-14-26(15-13-19)16-18-10-8-7-9-11-18/h7-11,19H,6,12-17H2,1-5H3,(H2,22,23,24). The van der Waals surface area contributed by atoms with Gasteiger partial charge in [0.25, 0.3) is 0 Å². The van der Waals surface area contributed by atoms with Gasteiger partial charge in [0, 0.05) is 37.8 Å². The van der Waals surface area contributed by atoms with Gasteiger partial charge in [-0.15, -0.1) is 0 Å². The first-order valence-corrected chi connectivity index (χ1v) is 9.89. The zero-order chi connectivity index (χ0) is 19.0. The number of hydrogen-bond donors (Lipinski definition) is 2. The smallest absolute Gasteiger partial charge is 0.191 e. The zero-order valence-corrected chi connectivity index (χ0v) is 17.3. The number of aliphatic imine (C=N–C) groups is 1. The van der Waals surface area contributed by atoms with Crippen molar-refractivity contribution in [3.63, 3.8) is 0 Å². The molecule has 1 aromatic carbocycles. The molecule has 1 aliphatic rings. The molecule has 1 aromatic rings. The van der Waals surface area contributed by atoms with E-state index in [0.29, 0.717) is 6.04 Å². The third kappa shape index (κ3) is 6.61. The van der Waals surface area contributed by atoms with Crippen molar-refractivity contribution in [3.05, 3.63) is 35.9 Å². The molecule has 26 heavy (non-hydrogen) atoms. The summed E-state index contributed by atoms with van der Waals surface area (Å²) in [7, 11) is 4.22. The average molecular weight is 360 g/mol. The summed E-state index contributed by atoms with van der Waals surface area (Å²) in [6.45, 7) is 11.6. The zero-order valence-electron chi connectivity index (χ0n) is 17.3. The van der Waals surface area contributed by atoms with Crippen LogP contribution in [0.4, 0.5) is 0 Å². The number of benzene rings is 1. The van der Waals surface area contributed by atoms with Gasteiger partial charge in [-0.25, -0.2) is 0 Å². The SMILES string of the molecule is CCNC(=NCC(C)(C)N(C)C)NC1CCN(Cc2ccccc2)CC1. The molecule has 1 saturated heterocycles. The number of nitrogens with zero attached hydrogens (tertiary/aromatic N) is 3. The highest BCUT2D eigenvalue weighted by atomic mass is 15.2. The summed E-state index contributed by atoms with van der Waals surface area (Å²) in [4.78, 5) is 9.60. The van der Waals surface area contributed by atoms with Crippen LogP contribution in [-0.2, 0) is 6.54 Å². The first kappa shape index (κ1) is 20.7. The van der Waals surface area contributed by atoms with Crippen LogP contribution in [0.25, 0.3) is 0 Å². The molecule has 0 saturated carbocycles. The van der Waals surface area contributed by atoms with Crippen LogP contribution in [0.5, 0.6) is 0 Å². The number of nitrogens with one attached hydrogen (secondary N) is 2. The molecule has 1 heterocycles. The number of likely N-dealkylation sites (tertiary alicyclic amines) is 1. The number of piperidine rings is 1. The van der Waals surface area contributed by atoms with E-state index in [1.807, 2.05) is 0 Å². The topological polar surface area (TPSA) is 42.9 Å². The van der Waals surface area contributed by atoms with Gasteiger partial charge in [-0.05, 0) is 53.3 Å². The highest BCUT2D eigenvalue weighted by Crippen LogP contribution is 2.14. The normalized spacial score (nSPS) is 17.5. The van der Waals surface area contributed by atoms with E-state index < -0.39 is 0 Å². The van der Waals surface area contributed by atoms with E-state index in [2.05, 4.69) is 85.6 Å². The summed E-state index contributed by atoms with van der Waals surface area (Å²) in [6, 6.07) is 11.3. The van der Waals surface area contributed by atoms with Crippen LogP contribution in [0.2, 0.25) is 0 Å². The van der Waals surface area contributed by atoms with Crippen molar-refractivity contribution in [2.24, 2.45) is 4.99 Å². The van der Waals surface area contributed by atoms with Crippen molar-refractivity contribution in [1.29, 1.82) is 0 Å². The van der Waals surface area contributed by atoms with Crippen LogP contribution < -0.4 is 10.6 Å². The van der Waals surface area contributed by atoms with Gasteiger partial charge in [0.05, 0.1) is 6.54 Å². The lowest BCUT2D eigenvalue weighted by Gasteiger charge is -2.34. The summed E-state index contributed by atoms with van der Waals surface area (Å²) in [5.41, 5.74) is 1.46. The minimum atomic E-state index is 0.0569. The van der Waals surface area contributed by atoms with Gasteiger partial charge < -0.3 is 15.5 Å². The molecule has 5 nitrogen and oxygen atoms in total. The van der Waals surface area contributed by atoms with Gasteiger partial charge >= 0.3 is 0 Å². The molecule has 5 heteroatoms. The lowest BCUT2D eigenvalue weighted by molar-refractivity contribution is 0.197. The van der Waals surface area contributed by atoms with E-state index in [1.54, 1.807) is 0 Å². The molecule has 1 aliphatic heterocycles. The van der Waals surface area contributed by atoms with Crippen LogP contribution in [0, 0.1) is 0 Å². The molecule has 0 radical (unpaired) electrons. The Labute approximate surface area is 159 Å². The Balaban J connectivity index is 1.83. The second-order valence-electron chi connectivity index (χ2n) is 8.08. The van der Waals surface area contributed by atoms with Gasteiger partial charge in [-0.2, -0.15) is 0 Å². The van der Waals surface area contributed by atoms with Gasteiger partial charge in [-0.1, -0.05) is 30.3 Å². The molecular weight excluding hydrogens is 322 g/mol. The lowest BCUT2D eigenvalue weighted by atomic mass is 10.0. The fourth-order valence-electron chi connectivity index (χ4n) is 3.00. The Morgan fingerprint density at radius 2 is 1.85 bits per heavy atom. The molecular formula is C21H37N5. The van der Waals surface area contributed by atoms with E-state index in [-0.39, 0.29) is 5.54 Å². The van der Waals surface area contributed by atoms with Crippen molar-refractivity contribution >= 4 is 5.96 Å². The van der Waals surface area contributed by atoms with E-state index >= 15 is 0 Å². The van der Waals surface area contributed by atoms with Gasteiger partial charge in [0.1, 0.15) is 0 Å². The summed E-state index contributed by atoms with van der Waals surface area (Å²) in [6.07, 6.45) is 2.32. The molecule has 0 aliphatic carbocycles. The number of rotatable bonds is 7. The predicted octanol–water partition coefficient (Wildman–Crippen LogP) is 2.55. The summed E-state index contributed by atoms with van der Waals surface area (Å²) in [5.74, 6) is 0.948. The maximum Gasteiger partial charge on any atom is 0.191 e. The van der Waals surface area contributed by atoms with Crippen LogP contribution in [-0.4, -0.2) is 67.6 Å². The monoisotopic (exact) mass is 359 g/mol. The highest BCUT2D eigenvalue weighted by molar-refractivity contribution is 5.80. The third-order valence-corrected chi connectivity index (χ3v) is 5.36. The predicted molar refractivity (Wildman–Crippen MR) is 112 cm³/mol. The molecule has 146 valence electrons. The first-order valence-electron chi connectivity index (χ1n) is 9.89. The Morgan fingerprint density at radius 3 is 2.42 bits per heavy atom. The summed E-state index contributed by atoms with van der Waals surface area (Å²) < 4.78 is 0. The second-order valence-corrected chi connectivity index (χ2v) is 8.08. The number of hydrogen-bond acceptors (Lipinski definition) is 3. The quantitative estimate of drug-likeness (QED) is 0.580. The van der Waals surface area contributed by atoms with Crippen LogP contribution >= 0.6 is 0 Å². The fraction of sp³-hybridized carbons (Fsp3) is 0.667. The molecule has 0 unspecified atom stereocenters. The van der Waals surface area contributed by atoms with Gasteiger partial charge in [-0.3, -0.25) is 9.89 Å². The van der Waals surface area contributed by atoms with Crippen molar-refractivity contribution in [1.82, 2.24) is 20.4 Å². The second kappa shape index (κ2) is 9.93. The van der Waals surface area contributed by atoms with Crippen LogP contribution in [0.1, 0.15) is 39.2 Å². The van der Waals surface area contributed by atoms with Gasteiger partial charge in [0.2, 0.25) is 0 Å². The third-order valence-electron chi connectivity index (χ3n) is 5.36. The maximum absolute atomic E-state index is 4.83. The van der Waals surface area contributed by atoms with Crippen LogP contribution in [0.3, 0.4) is 0 Å². The summed E-state index contributed by atoms with van der Waals surface area (Å²) in [5, 5.41) is 7.05. The lowest BCUT2D eigenvalue weighted by Crippen LogP contribution is -2.49. The molecule has 2 rings (SSSR count). The maximum atomic E-state index is 4.83. The summed E-state index contributed by atoms with van der Waals surface area (Å²) >= 11 is 0. The van der Waals surface area contributed by atoms with Crippen molar-refractivity contribution in [2.45, 2.75) is 51.7 Å². The minimum Gasteiger partial charge on any atom is -0.357 e. The van der Waals surface area contributed by atoms with Crippen molar-refractivity contribution < 1.29 is 0 Å². The van der Waals surface area contributed by atoms with Crippen molar-refractivity contribution in [2.75, 3.05) is 40.3 Å². The van der Waals surface area contributed by atoms with Crippen LogP contribution in [0.15, 0.2) is 35.3 Å². The van der Waals surface area contributed by atoms with E-state index in [0.717, 1.165) is 51.5 Å². The Hall–Kier alpha value is -1.59. The number of likely N-dealkylation sites (N-methyl/N-ethyl adjacent to an activating group) is 1. The Morgan fingerprint density at radius 1 is 1.19 bits per heavy atom.